The summed E-state index contributed by atoms with van der Waals surface area (Å²) in [6.45, 7) is 3.35. The average Bonchev–Trinajstić information content (AvgIpc) is 2.78. The summed E-state index contributed by atoms with van der Waals surface area (Å²) in [7, 11) is -3.20. The fourth-order valence-electron chi connectivity index (χ4n) is 1.46. The van der Waals surface area contributed by atoms with Crippen LogP contribution in [-0.4, -0.2) is 19.7 Å². The number of benzene rings is 1. The van der Waals surface area contributed by atoms with Crippen LogP contribution in [0.1, 0.15) is 18.9 Å². The third-order valence-corrected chi connectivity index (χ3v) is 6.68. The minimum absolute atomic E-state index is 0.597. The molecule has 0 radical (unpaired) electrons. The highest BCUT2D eigenvalue weighted by Crippen LogP contribution is 2.34. The molecule has 0 unspecified atom stereocenters. The van der Waals surface area contributed by atoms with E-state index in [1.54, 1.807) is 26.0 Å². The van der Waals surface area contributed by atoms with E-state index in [2.05, 4.69) is 4.98 Å². The SMILES string of the molecule is CC(C)(c1nc(-c2ccc(Cl)cc2)cs1)S(C)(=O)=O. The van der Waals surface area contributed by atoms with Gasteiger partial charge in [-0.2, -0.15) is 0 Å². The van der Waals surface area contributed by atoms with Crippen LogP contribution in [0, 0.1) is 0 Å². The third kappa shape index (κ3) is 2.83. The van der Waals surface area contributed by atoms with Crippen LogP contribution in [0.15, 0.2) is 29.6 Å². The lowest BCUT2D eigenvalue weighted by Gasteiger charge is -2.19. The van der Waals surface area contributed by atoms with Crippen molar-refractivity contribution in [3.05, 3.63) is 39.7 Å². The zero-order valence-electron chi connectivity index (χ0n) is 10.8. The Morgan fingerprint density at radius 1 is 1.21 bits per heavy atom. The van der Waals surface area contributed by atoms with E-state index in [0.717, 1.165) is 11.3 Å². The van der Waals surface area contributed by atoms with Gasteiger partial charge in [0.05, 0.1) is 5.69 Å². The molecule has 1 heterocycles. The molecule has 1 aromatic heterocycles. The van der Waals surface area contributed by atoms with E-state index < -0.39 is 14.6 Å². The monoisotopic (exact) mass is 315 g/mol. The average molecular weight is 316 g/mol. The van der Waals surface area contributed by atoms with Crippen LogP contribution in [0.3, 0.4) is 0 Å². The molecule has 0 saturated carbocycles. The number of thiazole rings is 1. The molecule has 0 bridgehead atoms. The fraction of sp³-hybridized carbons (Fsp3) is 0.308. The second kappa shape index (κ2) is 4.89. The van der Waals surface area contributed by atoms with Gasteiger partial charge in [0.2, 0.25) is 0 Å². The summed E-state index contributed by atoms with van der Waals surface area (Å²) in [6.07, 6.45) is 1.23. The first-order valence-electron chi connectivity index (χ1n) is 5.63. The molecule has 2 aromatic rings. The molecule has 0 spiro atoms. The standard InChI is InChI=1S/C13H14ClNO2S2/c1-13(2,19(3,16)17)12-15-11(8-18-12)9-4-6-10(14)7-5-9/h4-8H,1-3H3. The Hall–Kier alpha value is -0.910. The van der Waals surface area contributed by atoms with E-state index in [1.165, 1.54) is 17.6 Å². The molecule has 102 valence electrons. The number of nitrogens with zero attached hydrogens (tertiary/aromatic N) is 1. The highest BCUT2D eigenvalue weighted by Gasteiger charge is 2.35. The van der Waals surface area contributed by atoms with E-state index in [4.69, 9.17) is 11.6 Å². The highest BCUT2D eigenvalue weighted by atomic mass is 35.5. The first-order valence-corrected chi connectivity index (χ1v) is 8.78. The molecule has 0 atom stereocenters. The maximum Gasteiger partial charge on any atom is 0.159 e. The van der Waals surface area contributed by atoms with Crippen LogP contribution in [0.2, 0.25) is 5.02 Å². The number of halogens is 1. The number of rotatable bonds is 3. The van der Waals surface area contributed by atoms with Gasteiger partial charge in [-0.15, -0.1) is 11.3 Å². The van der Waals surface area contributed by atoms with Gasteiger partial charge >= 0.3 is 0 Å². The maximum atomic E-state index is 11.8. The minimum atomic E-state index is -3.20. The van der Waals surface area contributed by atoms with Crippen molar-refractivity contribution < 1.29 is 8.42 Å². The summed E-state index contributed by atoms with van der Waals surface area (Å²) in [5.41, 5.74) is 1.70. The normalized spacial score (nSPS) is 12.6. The molecule has 19 heavy (non-hydrogen) atoms. The quantitative estimate of drug-likeness (QED) is 0.866. The first-order chi connectivity index (χ1) is 8.72. The zero-order valence-corrected chi connectivity index (χ0v) is 13.2. The van der Waals surface area contributed by atoms with Crippen LogP contribution in [0.25, 0.3) is 11.3 Å². The Morgan fingerprint density at radius 3 is 2.32 bits per heavy atom. The van der Waals surface area contributed by atoms with Crippen molar-refractivity contribution in [3.8, 4) is 11.3 Å². The van der Waals surface area contributed by atoms with Crippen LogP contribution in [-0.2, 0) is 14.6 Å². The zero-order chi connectivity index (χ0) is 14.3. The topological polar surface area (TPSA) is 47.0 Å². The van der Waals surface area contributed by atoms with Gasteiger partial charge in [-0.3, -0.25) is 0 Å². The summed E-state index contributed by atoms with van der Waals surface area (Å²) >= 11 is 7.20. The van der Waals surface area contributed by atoms with Gasteiger partial charge in [-0.25, -0.2) is 13.4 Å². The third-order valence-electron chi connectivity index (χ3n) is 3.09. The van der Waals surface area contributed by atoms with Gasteiger partial charge < -0.3 is 0 Å². The molecule has 6 heteroatoms. The lowest BCUT2D eigenvalue weighted by Crippen LogP contribution is -2.27. The van der Waals surface area contributed by atoms with E-state index >= 15 is 0 Å². The molecule has 2 rings (SSSR count). The Labute approximate surface area is 122 Å². The predicted octanol–water partition coefficient (Wildman–Crippen LogP) is 3.74. The van der Waals surface area contributed by atoms with E-state index in [9.17, 15) is 8.42 Å². The number of sulfone groups is 1. The van der Waals surface area contributed by atoms with Crippen molar-refractivity contribution in [2.24, 2.45) is 0 Å². The van der Waals surface area contributed by atoms with E-state index in [0.29, 0.717) is 10.0 Å². The van der Waals surface area contributed by atoms with Crippen molar-refractivity contribution >= 4 is 32.8 Å². The molecular weight excluding hydrogens is 302 g/mol. The second-order valence-corrected chi connectivity index (χ2v) is 8.69. The molecule has 0 aliphatic rings. The van der Waals surface area contributed by atoms with Crippen LogP contribution in [0.4, 0.5) is 0 Å². The summed E-state index contributed by atoms with van der Waals surface area (Å²) < 4.78 is 22.6. The number of aromatic nitrogens is 1. The molecule has 0 N–H and O–H groups in total. The first kappa shape index (κ1) is 14.5. The summed E-state index contributed by atoms with van der Waals surface area (Å²) in [5, 5.41) is 3.13. The predicted molar refractivity (Wildman–Crippen MR) is 80.4 cm³/mol. The van der Waals surface area contributed by atoms with Crippen molar-refractivity contribution in [1.82, 2.24) is 4.98 Å². The van der Waals surface area contributed by atoms with Crippen molar-refractivity contribution in [3.63, 3.8) is 0 Å². The van der Waals surface area contributed by atoms with Crippen molar-refractivity contribution in [2.75, 3.05) is 6.26 Å². The van der Waals surface area contributed by atoms with Crippen molar-refractivity contribution in [2.45, 2.75) is 18.6 Å². The largest absolute Gasteiger partial charge is 0.240 e. The van der Waals surface area contributed by atoms with Crippen LogP contribution >= 0.6 is 22.9 Å². The summed E-state index contributed by atoms with van der Waals surface area (Å²) in [6, 6.07) is 7.32. The molecule has 0 aliphatic heterocycles. The lowest BCUT2D eigenvalue weighted by atomic mass is 10.2. The molecule has 3 nitrogen and oxygen atoms in total. The smallest absolute Gasteiger partial charge is 0.159 e. The Kier molecular flexibility index (Phi) is 3.73. The van der Waals surface area contributed by atoms with Gasteiger partial charge in [0.25, 0.3) is 0 Å². The molecule has 0 fully saturated rings. The van der Waals surface area contributed by atoms with Crippen LogP contribution in [0.5, 0.6) is 0 Å². The molecular formula is C13H14ClNO2S2. The van der Waals surface area contributed by atoms with Gasteiger partial charge in [0.15, 0.2) is 9.84 Å². The van der Waals surface area contributed by atoms with Gasteiger partial charge in [-0.1, -0.05) is 23.7 Å². The summed E-state index contributed by atoms with van der Waals surface area (Å²) in [5.74, 6) is 0. The molecule has 0 amide bonds. The summed E-state index contributed by atoms with van der Waals surface area (Å²) in [4.78, 5) is 4.44. The van der Waals surface area contributed by atoms with Crippen molar-refractivity contribution in [1.29, 1.82) is 0 Å². The van der Waals surface area contributed by atoms with Gasteiger partial charge in [0, 0.05) is 22.2 Å². The fourth-order valence-corrected chi connectivity index (χ4v) is 3.40. The Balaban J connectivity index is 2.42. The molecule has 1 aromatic carbocycles. The Morgan fingerprint density at radius 2 is 1.79 bits per heavy atom. The Bertz CT molecular complexity index is 688. The lowest BCUT2D eigenvalue weighted by molar-refractivity contribution is 0.560. The second-order valence-electron chi connectivity index (χ2n) is 4.83. The highest BCUT2D eigenvalue weighted by molar-refractivity contribution is 7.91. The van der Waals surface area contributed by atoms with Gasteiger partial charge in [-0.05, 0) is 26.0 Å². The minimum Gasteiger partial charge on any atom is -0.240 e. The van der Waals surface area contributed by atoms with Gasteiger partial charge in [0.1, 0.15) is 9.75 Å². The molecule has 0 aliphatic carbocycles. The molecule has 0 saturated heterocycles. The van der Waals surface area contributed by atoms with E-state index in [1.807, 2.05) is 17.5 Å². The number of hydrogen-bond acceptors (Lipinski definition) is 4. The van der Waals surface area contributed by atoms with Crippen LogP contribution < -0.4 is 0 Å². The maximum absolute atomic E-state index is 11.8. The number of hydrogen-bond donors (Lipinski definition) is 0. The van der Waals surface area contributed by atoms with E-state index in [-0.39, 0.29) is 0 Å².